The van der Waals surface area contributed by atoms with Crippen LogP contribution in [0.3, 0.4) is 0 Å². The Labute approximate surface area is 160 Å². The molecule has 144 valence electrons. The Morgan fingerprint density at radius 1 is 1.11 bits per heavy atom. The zero-order chi connectivity index (χ0) is 19.4. The van der Waals surface area contributed by atoms with Crippen LogP contribution in [0.25, 0.3) is 0 Å². The third-order valence-corrected chi connectivity index (χ3v) is 5.11. The number of nitrogens with one attached hydrogen (secondary N) is 1. The van der Waals surface area contributed by atoms with E-state index >= 15 is 0 Å². The van der Waals surface area contributed by atoms with Crippen molar-refractivity contribution < 1.29 is 14.3 Å². The van der Waals surface area contributed by atoms with E-state index in [2.05, 4.69) is 5.32 Å². The first-order chi connectivity index (χ1) is 13.0. The molecule has 0 atom stereocenters. The quantitative estimate of drug-likeness (QED) is 0.821. The second kappa shape index (κ2) is 8.34. The molecular formula is C18H21N3O5S. The molecule has 1 aromatic heterocycles. The van der Waals surface area contributed by atoms with Gasteiger partial charge in [0.1, 0.15) is 0 Å². The first-order valence-corrected chi connectivity index (χ1v) is 9.64. The van der Waals surface area contributed by atoms with E-state index in [9.17, 15) is 14.4 Å². The van der Waals surface area contributed by atoms with E-state index in [4.69, 9.17) is 9.47 Å². The maximum atomic E-state index is 12.2. The molecule has 1 amide bonds. The van der Waals surface area contributed by atoms with Crippen molar-refractivity contribution in [2.45, 2.75) is 12.2 Å². The van der Waals surface area contributed by atoms with Gasteiger partial charge in [-0.3, -0.25) is 18.7 Å². The number of anilines is 1. The number of nitrogens with zero attached hydrogens (tertiary/aromatic N) is 2. The first kappa shape index (κ1) is 19.1. The second-order valence-electron chi connectivity index (χ2n) is 6.13. The molecule has 2 heterocycles. The van der Waals surface area contributed by atoms with Crippen LogP contribution >= 0.6 is 11.8 Å². The summed E-state index contributed by atoms with van der Waals surface area (Å²) in [5.41, 5.74) is 0.474. The van der Waals surface area contributed by atoms with Gasteiger partial charge in [0.05, 0.1) is 19.0 Å². The van der Waals surface area contributed by atoms with E-state index in [-0.39, 0.29) is 22.9 Å². The molecular weight excluding hydrogens is 370 g/mol. The number of carbonyl (C=O) groups is 1. The van der Waals surface area contributed by atoms with Gasteiger partial charge in [-0.1, -0.05) is 0 Å². The van der Waals surface area contributed by atoms with Crippen LogP contribution in [0.1, 0.15) is 12.1 Å². The predicted molar refractivity (Wildman–Crippen MR) is 104 cm³/mol. The fourth-order valence-electron chi connectivity index (χ4n) is 2.60. The highest BCUT2D eigenvalue weighted by atomic mass is 32.2. The van der Waals surface area contributed by atoms with Crippen LogP contribution < -0.4 is 26.0 Å². The minimum absolute atomic E-state index is 0.177. The van der Waals surface area contributed by atoms with Crippen molar-refractivity contribution in [1.29, 1.82) is 0 Å². The highest BCUT2D eigenvalue weighted by molar-refractivity contribution is 7.99. The normalized spacial score (nSPS) is 13.1. The van der Waals surface area contributed by atoms with Crippen molar-refractivity contribution in [3.8, 4) is 11.5 Å². The molecule has 0 fully saturated rings. The summed E-state index contributed by atoms with van der Waals surface area (Å²) in [6, 6.07) is 6.70. The fourth-order valence-corrected chi connectivity index (χ4v) is 3.45. The molecule has 3 rings (SSSR count). The molecule has 1 aliphatic rings. The largest absolute Gasteiger partial charge is 0.490 e. The number of rotatable bonds is 5. The van der Waals surface area contributed by atoms with E-state index in [0.717, 1.165) is 11.0 Å². The molecule has 0 unspecified atom stereocenters. The van der Waals surface area contributed by atoms with Crippen molar-refractivity contribution in [3.05, 3.63) is 50.8 Å². The van der Waals surface area contributed by atoms with Crippen LogP contribution in [0.15, 0.2) is 33.9 Å². The summed E-state index contributed by atoms with van der Waals surface area (Å²) >= 11 is 1.33. The molecule has 0 bridgehead atoms. The lowest BCUT2D eigenvalue weighted by Crippen LogP contribution is -2.37. The Kier molecular flexibility index (Phi) is 5.90. The maximum Gasteiger partial charge on any atom is 0.330 e. The second-order valence-corrected chi connectivity index (χ2v) is 7.11. The minimum Gasteiger partial charge on any atom is -0.490 e. The Morgan fingerprint density at radius 2 is 1.85 bits per heavy atom. The number of thioether (sulfide) groups is 1. The number of aromatic nitrogens is 2. The fraction of sp³-hybridized carbons (Fsp3) is 0.389. The van der Waals surface area contributed by atoms with Crippen LogP contribution in [0.5, 0.6) is 11.5 Å². The summed E-state index contributed by atoms with van der Waals surface area (Å²) in [6.07, 6.45) is 0.818. The molecule has 0 radical (unpaired) electrons. The SMILES string of the molecule is Cn1c(CSCC(=O)Nc2ccc3c(c2)OCCCO3)cc(=O)n(C)c1=O. The van der Waals surface area contributed by atoms with Gasteiger partial charge in [0.25, 0.3) is 5.56 Å². The van der Waals surface area contributed by atoms with E-state index in [1.54, 1.807) is 25.2 Å². The monoisotopic (exact) mass is 391 g/mol. The number of hydrogen-bond acceptors (Lipinski definition) is 6. The van der Waals surface area contributed by atoms with Gasteiger partial charge in [-0.15, -0.1) is 11.8 Å². The highest BCUT2D eigenvalue weighted by Crippen LogP contribution is 2.32. The van der Waals surface area contributed by atoms with Gasteiger partial charge < -0.3 is 14.8 Å². The van der Waals surface area contributed by atoms with Crippen LogP contribution in [0, 0.1) is 0 Å². The molecule has 27 heavy (non-hydrogen) atoms. The van der Waals surface area contributed by atoms with Crippen LogP contribution in [0.2, 0.25) is 0 Å². The number of fused-ring (bicyclic) bond motifs is 1. The number of carbonyl (C=O) groups excluding carboxylic acids is 1. The van der Waals surface area contributed by atoms with Gasteiger partial charge in [0.15, 0.2) is 11.5 Å². The molecule has 0 spiro atoms. The van der Waals surface area contributed by atoms with Gasteiger partial charge in [-0.25, -0.2) is 4.79 Å². The van der Waals surface area contributed by atoms with Crippen LogP contribution in [-0.2, 0) is 24.6 Å². The lowest BCUT2D eigenvalue weighted by atomic mass is 10.2. The summed E-state index contributed by atoms with van der Waals surface area (Å²) in [5, 5.41) is 2.82. The van der Waals surface area contributed by atoms with E-state index in [1.165, 1.54) is 29.4 Å². The topological polar surface area (TPSA) is 91.6 Å². The van der Waals surface area contributed by atoms with E-state index in [0.29, 0.717) is 41.8 Å². The Hall–Kier alpha value is -2.68. The summed E-state index contributed by atoms with van der Waals surface area (Å²) in [5.74, 6) is 1.69. The van der Waals surface area contributed by atoms with Crippen molar-refractivity contribution >= 4 is 23.4 Å². The average molecular weight is 391 g/mol. The summed E-state index contributed by atoms with van der Waals surface area (Å²) in [4.78, 5) is 35.8. The molecule has 9 heteroatoms. The predicted octanol–water partition coefficient (Wildman–Crippen LogP) is 1.12. The van der Waals surface area contributed by atoms with Gasteiger partial charge in [0, 0.05) is 49.8 Å². The van der Waals surface area contributed by atoms with Crippen LogP contribution in [0.4, 0.5) is 5.69 Å². The minimum atomic E-state index is -0.380. The van der Waals surface area contributed by atoms with Crippen molar-refractivity contribution in [2.24, 2.45) is 14.1 Å². The molecule has 1 aliphatic heterocycles. The number of benzene rings is 1. The molecule has 2 aromatic rings. The molecule has 0 saturated heterocycles. The van der Waals surface area contributed by atoms with Gasteiger partial charge in [-0.05, 0) is 12.1 Å². The Balaban J connectivity index is 1.57. The van der Waals surface area contributed by atoms with Crippen molar-refractivity contribution in [1.82, 2.24) is 9.13 Å². The molecule has 8 nitrogen and oxygen atoms in total. The number of ether oxygens (including phenoxy) is 2. The molecule has 1 N–H and O–H groups in total. The van der Waals surface area contributed by atoms with Gasteiger partial charge >= 0.3 is 5.69 Å². The van der Waals surface area contributed by atoms with Crippen LogP contribution in [-0.4, -0.2) is 34.0 Å². The third kappa shape index (κ3) is 4.54. The van der Waals surface area contributed by atoms with E-state index < -0.39 is 0 Å². The average Bonchev–Trinajstić information content (AvgIpc) is 2.89. The highest BCUT2D eigenvalue weighted by Gasteiger charge is 2.12. The Bertz CT molecular complexity index is 966. The molecule has 1 aromatic carbocycles. The maximum absolute atomic E-state index is 12.2. The number of hydrogen-bond donors (Lipinski definition) is 1. The standard InChI is InChI=1S/C18H21N3O5S/c1-20-13(9-17(23)21(2)18(20)24)10-27-11-16(22)19-12-4-5-14-15(8-12)26-7-3-6-25-14/h4-5,8-9H,3,6-7,10-11H2,1-2H3,(H,19,22). The van der Waals surface area contributed by atoms with Gasteiger partial charge in [-0.2, -0.15) is 0 Å². The van der Waals surface area contributed by atoms with Crippen molar-refractivity contribution in [2.75, 3.05) is 24.3 Å². The molecule has 0 saturated carbocycles. The summed E-state index contributed by atoms with van der Waals surface area (Å²) in [6.45, 7) is 1.19. The lowest BCUT2D eigenvalue weighted by Gasteiger charge is -2.11. The zero-order valence-electron chi connectivity index (χ0n) is 15.2. The van der Waals surface area contributed by atoms with E-state index in [1.807, 2.05) is 0 Å². The Morgan fingerprint density at radius 3 is 2.63 bits per heavy atom. The lowest BCUT2D eigenvalue weighted by molar-refractivity contribution is -0.113. The van der Waals surface area contributed by atoms with Gasteiger partial charge in [0.2, 0.25) is 5.91 Å². The third-order valence-electron chi connectivity index (χ3n) is 4.14. The van der Waals surface area contributed by atoms with Crippen molar-refractivity contribution in [3.63, 3.8) is 0 Å². The molecule has 0 aliphatic carbocycles. The summed E-state index contributed by atoms with van der Waals surface area (Å²) < 4.78 is 13.6. The smallest absolute Gasteiger partial charge is 0.330 e. The zero-order valence-corrected chi connectivity index (χ0v) is 16.0. The first-order valence-electron chi connectivity index (χ1n) is 8.49. The summed E-state index contributed by atoms with van der Waals surface area (Å²) in [7, 11) is 3.04. The number of amides is 1.